The van der Waals surface area contributed by atoms with Gasteiger partial charge < -0.3 is 15.0 Å². The summed E-state index contributed by atoms with van der Waals surface area (Å²) in [5.41, 5.74) is 2.02. The largest absolute Gasteiger partial charge is 0.495 e. The molecule has 4 nitrogen and oxygen atoms in total. The van der Waals surface area contributed by atoms with E-state index in [9.17, 15) is 4.79 Å². The van der Waals surface area contributed by atoms with Crippen LogP contribution in [0, 0.1) is 0 Å². The number of para-hydroxylation sites is 1. The zero-order chi connectivity index (χ0) is 14.8. The molecule has 2 N–H and O–H groups in total. The van der Waals surface area contributed by atoms with Crippen molar-refractivity contribution in [2.24, 2.45) is 0 Å². The Balaban J connectivity index is 1.89. The minimum atomic E-state index is -0.190. The number of aromatic amines is 1. The van der Waals surface area contributed by atoms with Crippen LogP contribution in [-0.2, 0) is 0 Å². The first-order valence-corrected chi connectivity index (χ1v) is 6.78. The van der Waals surface area contributed by atoms with E-state index in [2.05, 4.69) is 10.3 Å². The fourth-order valence-corrected chi connectivity index (χ4v) is 2.47. The number of hydrogen-bond acceptors (Lipinski definition) is 2. The number of ether oxygens (including phenoxy) is 1. The van der Waals surface area contributed by atoms with E-state index >= 15 is 0 Å². The van der Waals surface area contributed by atoms with Crippen LogP contribution in [0.3, 0.4) is 0 Å². The molecule has 3 rings (SSSR count). The van der Waals surface area contributed by atoms with Gasteiger partial charge in [-0.05, 0) is 30.3 Å². The Bertz CT molecular complexity index is 811. The van der Waals surface area contributed by atoms with Crippen molar-refractivity contribution in [1.29, 1.82) is 0 Å². The van der Waals surface area contributed by atoms with Gasteiger partial charge in [0.15, 0.2) is 0 Å². The molecule has 106 valence electrons. The van der Waals surface area contributed by atoms with Gasteiger partial charge in [0.25, 0.3) is 5.91 Å². The van der Waals surface area contributed by atoms with Crippen LogP contribution in [0.15, 0.2) is 48.7 Å². The van der Waals surface area contributed by atoms with Crippen molar-refractivity contribution in [2.45, 2.75) is 0 Å². The molecule has 0 atom stereocenters. The lowest BCUT2D eigenvalue weighted by atomic mass is 10.1. The molecule has 21 heavy (non-hydrogen) atoms. The lowest BCUT2D eigenvalue weighted by Gasteiger charge is -2.08. The number of nitrogens with one attached hydrogen (secondary N) is 2. The summed E-state index contributed by atoms with van der Waals surface area (Å²) in [6.07, 6.45) is 1.81. The maximum atomic E-state index is 12.4. The standard InChI is InChI=1S/C16H13ClN2O2/c1-21-14-6-5-11(9-13(14)17)19-16(20)12-4-2-3-10-7-8-18-15(10)12/h2-9,18H,1H3,(H,19,20). The Hall–Kier alpha value is -2.46. The zero-order valence-corrected chi connectivity index (χ0v) is 12.1. The minimum Gasteiger partial charge on any atom is -0.495 e. The Morgan fingerprint density at radius 3 is 2.86 bits per heavy atom. The van der Waals surface area contributed by atoms with Gasteiger partial charge in [-0.25, -0.2) is 0 Å². The molecule has 1 aromatic heterocycles. The summed E-state index contributed by atoms with van der Waals surface area (Å²) in [5, 5.41) is 4.28. The van der Waals surface area contributed by atoms with Gasteiger partial charge in [-0.1, -0.05) is 23.7 Å². The molecule has 0 radical (unpaired) electrons. The van der Waals surface area contributed by atoms with E-state index in [-0.39, 0.29) is 5.91 Å². The molecule has 5 heteroatoms. The predicted octanol–water partition coefficient (Wildman–Crippen LogP) is 4.08. The van der Waals surface area contributed by atoms with Crippen molar-refractivity contribution in [3.8, 4) is 5.75 Å². The van der Waals surface area contributed by atoms with Crippen LogP contribution in [-0.4, -0.2) is 18.0 Å². The van der Waals surface area contributed by atoms with Crippen molar-refractivity contribution >= 4 is 34.1 Å². The number of rotatable bonds is 3. The van der Waals surface area contributed by atoms with E-state index in [1.165, 1.54) is 0 Å². The average molecular weight is 301 g/mol. The highest BCUT2D eigenvalue weighted by molar-refractivity contribution is 6.32. The third-order valence-electron chi connectivity index (χ3n) is 3.24. The van der Waals surface area contributed by atoms with Crippen molar-refractivity contribution in [3.63, 3.8) is 0 Å². The number of hydrogen-bond donors (Lipinski definition) is 2. The zero-order valence-electron chi connectivity index (χ0n) is 11.3. The first-order valence-electron chi connectivity index (χ1n) is 6.40. The summed E-state index contributed by atoms with van der Waals surface area (Å²) in [4.78, 5) is 15.5. The molecule has 0 spiro atoms. The Labute approximate surface area is 126 Å². The van der Waals surface area contributed by atoms with Crippen molar-refractivity contribution in [1.82, 2.24) is 4.98 Å². The number of aromatic nitrogens is 1. The normalized spacial score (nSPS) is 10.6. The van der Waals surface area contributed by atoms with Crippen LogP contribution in [0.25, 0.3) is 10.9 Å². The number of benzene rings is 2. The first-order chi connectivity index (χ1) is 10.2. The quantitative estimate of drug-likeness (QED) is 0.765. The molecule has 0 aliphatic heterocycles. The Morgan fingerprint density at radius 2 is 2.10 bits per heavy atom. The number of carbonyl (C=O) groups excluding carboxylic acids is 1. The smallest absolute Gasteiger partial charge is 0.257 e. The predicted molar refractivity (Wildman–Crippen MR) is 84.3 cm³/mol. The fourth-order valence-electron chi connectivity index (χ4n) is 2.22. The van der Waals surface area contributed by atoms with Crippen molar-refractivity contribution < 1.29 is 9.53 Å². The highest BCUT2D eigenvalue weighted by Crippen LogP contribution is 2.27. The number of amides is 1. The maximum Gasteiger partial charge on any atom is 0.257 e. The summed E-state index contributed by atoms with van der Waals surface area (Å²) in [6, 6.07) is 12.6. The second-order valence-corrected chi connectivity index (χ2v) is 4.96. The van der Waals surface area contributed by atoms with Gasteiger partial charge >= 0.3 is 0 Å². The molecule has 3 aromatic rings. The van der Waals surface area contributed by atoms with Crippen LogP contribution in [0.2, 0.25) is 5.02 Å². The molecule has 0 unspecified atom stereocenters. The summed E-state index contributed by atoms with van der Waals surface area (Å²) in [7, 11) is 1.55. The van der Waals surface area contributed by atoms with Crippen LogP contribution >= 0.6 is 11.6 Å². The van der Waals surface area contributed by atoms with Crippen LogP contribution in [0.1, 0.15) is 10.4 Å². The van der Waals surface area contributed by atoms with Gasteiger partial charge in [0.05, 0.1) is 23.2 Å². The third kappa shape index (κ3) is 2.58. The molecular weight excluding hydrogens is 288 g/mol. The van der Waals surface area contributed by atoms with Gasteiger partial charge in [-0.3, -0.25) is 4.79 Å². The lowest BCUT2D eigenvalue weighted by molar-refractivity contribution is 0.102. The minimum absolute atomic E-state index is 0.190. The Morgan fingerprint density at radius 1 is 1.24 bits per heavy atom. The molecule has 0 saturated heterocycles. The second kappa shape index (κ2) is 5.50. The molecule has 2 aromatic carbocycles. The van der Waals surface area contributed by atoms with E-state index in [1.807, 2.05) is 24.4 Å². The van der Waals surface area contributed by atoms with Crippen molar-refractivity contribution in [3.05, 3.63) is 59.2 Å². The van der Waals surface area contributed by atoms with E-state index in [0.29, 0.717) is 22.0 Å². The van der Waals surface area contributed by atoms with E-state index in [4.69, 9.17) is 16.3 Å². The topological polar surface area (TPSA) is 54.1 Å². The lowest BCUT2D eigenvalue weighted by Crippen LogP contribution is -2.12. The molecule has 0 aliphatic rings. The highest BCUT2D eigenvalue weighted by atomic mass is 35.5. The summed E-state index contributed by atoms with van der Waals surface area (Å²) >= 11 is 6.05. The SMILES string of the molecule is COc1ccc(NC(=O)c2cccc3cc[nH]c23)cc1Cl. The molecule has 1 amide bonds. The van der Waals surface area contributed by atoms with Gasteiger partial charge in [0.1, 0.15) is 5.75 Å². The average Bonchev–Trinajstić information content (AvgIpc) is 2.95. The number of H-pyrrole nitrogens is 1. The third-order valence-corrected chi connectivity index (χ3v) is 3.54. The molecule has 0 bridgehead atoms. The molecule has 0 saturated carbocycles. The maximum absolute atomic E-state index is 12.4. The van der Waals surface area contributed by atoms with E-state index in [0.717, 1.165) is 10.9 Å². The fraction of sp³-hybridized carbons (Fsp3) is 0.0625. The molecule has 1 heterocycles. The van der Waals surface area contributed by atoms with E-state index < -0.39 is 0 Å². The number of anilines is 1. The highest BCUT2D eigenvalue weighted by Gasteiger charge is 2.11. The molecular formula is C16H13ClN2O2. The van der Waals surface area contributed by atoms with Gasteiger partial charge in [0, 0.05) is 17.3 Å². The molecule has 0 aliphatic carbocycles. The van der Waals surface area contributed by atoms with Gasteiger partial charge in [-0.15, -0.1) is 0 Å². The summed E-state index contributed by atoms with van der Waals surface area (Å²) in [6.45, 7) is 0. The summed E-state index contributed by atoms with van der Waals surface area (Å²) < 4.78 is 5.09. The number of halogens is 1. The van der Waals surface area contributed by atoms with Gasteiger partial charge in [-0.2, -0.15) is 0 Å². The van der Waals surface area contributed by atoms with Crippen LogP contribution in [0.4, 0.5) is 5.69 Å². The first kappa shape index (κ1) is 13.5. The Kier molecular flexibility index (Phi) is 3.54. The number of carbonyl (C=O) groups is 1. The van der Waals surface area contributed by atoms with Crippen LogP contribution < -0.4 is 10.1 Å². The van der Waals surface area contributed by atoms with Crippen LogP contribution in [0.5, 0.6) is 5.75 Å². The number of fused-ring (bicyclic) bond motifs is 1. The van der Waals surface area contributed by atoms with E-state index in [1.54, 1.807) is 31.4 Å². The summed E-state index contributed by atoms with van der Waals surface area (Å²) in [5.74, 6) is 0.380. The number of methoxy groups -OCH3 is 1. The van der Waals surface area contributed by atoms with Gasteiger partial charge in [0.2, 0.25) is 0 Å². The monoisotopic (exact) mass is 300 g/mol. The second-order valence-electron chi connectivity index (χ2n) is 4.55. The van der Waals surface area contributed by atoms with Crippen molar-refractivity contribution in [2.75, 3.05) is 12.4 Å². The molecule has 0 fully saturated rings.